The summed E-state index contributed by atoms with van der Waals surface area (Å²) in [6.45, 7) is 2.23. The van der Waals surface area contributed by atoms with E-state index in [0.717, 1.165) is 24.3 Å². The van der Waals surface area contributed by atoms with Crippen LogP contribution in [-0.4, -0.2) is 19.6 Å². The maximum absolute atomic E-state index is 6.11. The molecular formula is C13H19ClN4. The van der Waals surface area contributed by atoms with Crippen molar-refractivity contribution in [2.24, 2.45) is 0 Å². The summed E-state index contributed by atoms with van der Waals surface area (Å²) in [4.78, 5) is 4.00. The van der Waals surface area contributed by atoms with Crippen LogP contribution in [0.15, 0.2) is 12.4 Å². The Bertz CT molecular complexity index is 495. The fourth-order valence-electron chi connectivity index (χ4n) is 2.10. The molecule has 2 aromatic rings. The maximum Gasteiger partial charge on any atom is 0.180 e. The molecule has 0 aliphatic rings. The van der Waals surface area contributed by atoms with Crippen LogP contribution in [0.3, 0.4) is 0 Å². The average molecular weight is 267 g/mol. The number of hydrogen-bond acceptors (Lipinski definition) is 3. The Morgan fingerprint density at radius 2 is 1.83 bits per heavy atom. The summed E-state index contributed by atoms with van der Waals surface area (Å²) in [5.41, 5.74) is 0.725. The summed E-state index contributed by atoms with van der Waals surface area (Å²) in [6, 6.07) is 0. The first-order valence-corrected chi connectivity index (χ1v) is 7.04. The molecule has 2 aromatic heterocycles. The maximum atomic E-state index is 6.11. The Kier molecular flexibility index (Phi) is 4.93. The van der Waals surface area contributed by atoms with E-state index in [1.54, 1.807) is 12.4 Å². The first-order chi connectivity index (χ1) is 8.83. The summed E-state index contributed by atoms with van der Waals surface area (Å²) >= 11 is 6.11. The van der Waals surface area contributed by atoms with Crippen LogP contribution in [-0.2, 0) is 6.42 Å². The first kappa shape index (κ1) is 13.3. The van der Waals surface area contributed by atoms with E-state index < -0.39 is 0 Å². The molecule has 2 rings (SSSR count). The molecule has 0 radical (unpaired) electrons. The third-order valence-corrected chi connectivity index (χ3v) is 3.36. The van der Waals surface area contributed by atoms with Gasteiger partial charge in [0, 0.05) is 6.42 Å². The zero-order valence-corrected chi connectivity index (χ0v) is 11.5. The van der Waals surface area contributed by atoms with Crippen LogP contribution in [0.25, 0.3) is 5.65 Å². The molecule has 0 saturated heterocycles. The second kappa shape index (κ2) is 6.69. The van der Waals surface area contributed by atoms with Crippen LogP contribution in [0.1, 0.15) is 51.3 Å². The molecule has 4 nitrogen and oxygen atoms in total. The van der Waals surface area contributed by atoms with Gasteiger partial charge in [0.05, 0.1) is 12.4 Å². The standard InChI is InChI=1S/C13H19ClN4/c1-2-3-4-5-6-7-8-12-16-17-13-10-15-9-11(14)18(12)13/h9-10H,2-8H2,1H3. The molecule has 0 bridgehead atoms. The summed E-state index contributed by atoms with van der Waals surface area (Å²) < 4.78 is 1.88. The molecule has 0 spiro atoms. The number of unbranched alkanes of at least 4 members (excludes halogenated alkanes) is 5. The van der Waals surface area contributed by atoms with Crippen molar-refractivity contribution in [3.8, 4) is 0 Å². The van der Waals surface area contributed by atoms with Crippen molar-refractivity contribution in [3.63, 3.8) is 0 Å². The van der Waals surface area contributed by atoms with Gasteiger partial charge in [0.2, 0.25) is 0 Å². The van der Waals surface area contributed by atoms with Crippen molar-refractivity contribution in [1.82, 2.24) is 19.6 Å². The van der Waals surface area contributed by atoms with Crippen molar-refractivity contribution in [2.45, 2.75) is 51.9 Å². The van der Waals surface area contributed by atoms with Crippen molar-refractivity contribution >= 4 is 17.2 Å². The van der Waals surface area contributed by atoms with Gasteiger partial charge < -0.3 is 0 Å². The smallest absolute Gasteiger partial charge is 0.180 e. The fraction of sp³-hybridized carbons (Fsp3) is 0.615. The zero-order valence-electron chi connectivity index (χ0n) is 10.8. The molecule has 0 aliphatic heterocycles. The minimum Gasteiger partial charge on any atom is -0.266 e. The Balaban J connectivity index is 1.88. The van der Waals surface area contributed by atoms with Gasteiger partial charge in [-0.25, -0.2) is 0 Å². The number of aromatic nitrogens is 4. The second-order valence-corrected chi connectivity index (χ2v) is 4.94. The van der Waals surface area contributed by atoms with Crippen LogP contribution in [0.5, 0.6) is 0 Å². The van der Waals surface area contributed by atoms with Gasteiger partial charge >= 0.3 is 0 Å². The topological polar surface area (TPSA) is 43.1 Å². The lowest BCUT2D eigenvalue weighted by atomic mass is 10.1. The summed E-state index contributed by atoms with van der Waals surface area (Å²) in [5.74, 6) is 0.938. The number of rotatable bonds is 7. The van der Waals surface area contributed by atoms with E-state index in [0.29, 0.717) is 5.15 Å². The van der Waals surface area contributed by atoms with Crippen LogP contribution in [0.4, 0.5) is 0 Å². The monoisotopic (exact) mass is 266 g/mol. The van der Waals surface area contributed by atoms with Crippen molar-refractivity contribution < 1.29 is 0 Å². The highest BCUT2D eigenvalue weighted by Gasteiger charge is 2.07. The minimum atomic E-state index is 0.582. The average Bonchev–Trinajstić information content (AvgIpc) is 2.78. The lowest BCUT2D eigenvalue weighted by Gasteiger charge is -2.02. The summed E-state index contributed by atoms with van der Waals surface area (Å²) in [5, 5.41) is 8.83. The van der Waals surface area contributed by atoms with Gasteiger partial charge in [0.1, 0.15) is 11.0 Å². The van der Waals surface area contributed by atoms with Crippen molar-refractivity contribution in [3.05, 3.63) is 23.4 Å². The van der Waals surface area contributed by atoms with Gasteiger partial charge in [-0.1, -0.05) is 50.6 Å². The molecule has 5 heteroatoms. The molecular weight excluding hydrogens is 248 g/mol. The van der Waals surface area contributed by atoms with Crippen LogP contribution in [0, 0.1) is 0 Å². The minimum absolute atomic E-state index is 0.582. The Labute approximate surface area is 112 Å². The highest BCUT2D eigenvalue weighted by atomic mass is 35.5. The summed E-state index contributed by atoms with van der Waals surface area (Å²) in [7, 11) is 0. The normalized spacial score (nSPS) is 11.2. The highest BCUT2D eigenvalue weighted by Crippen LogP contribution is 2.14. The quantitative estimate of drug-likeness (QED) is 0.718. The van der Waals surface area contributed by atoms with E-state index in [9.17, 15) is 0 Å². The fourth-order valence-corrected chi connectivity index (χ4v) is 2.34. The third kappa shape index (κ3) is 3.19. The van der Waals surface area contributed by atoms with Crippen LogP contribution in [0.2, 0.25) is 5.15 Å². The zero-order chi connectivity index (χ0) is 12.8. The molecule has 0 aliphatic carbocycles. The number of nitrogens with zero attached hydrogens (tertiary/aromatic N) is 4. The lowest BCUT2D eigenvalue weighted by Crippen LogP contribution is -1.97. The molecule has 0 amide bonds. The van der Waals surface area contributed by atoms with Crippen LogP contribution < -0.4 is 0 Å². The van der Waals surface area contributed by atoms with Crippen LogP contribution >= 0.6 is 11.6 Å². The third-order valence-electron chi connectivity index (χ3n) is 3.09. The molecule has 0 saturated carbocycles. The number of halogens is 1. The lowest BCUT2D eigenvalue weighted by molar-refractivity contribution is 0.599. The number of fused-ring (bicyclic) bond motifs is 1. The van der Waals surface area contributed by atoms with Crippen molar-refractivity contribution in [1.29, 1.82) is 0 Å². The Morgan fingerprint density at radius 1 is 1.06 bits per heavy atom. The van der Waals surface area contributed by atoms with Gasteiger partial charge in [-0.05, 0) is 6.42 Å². The Hall–Kier alpha value is -1.16. The van der Waals surface area contributed by atoms with E-state index in [1.807, 2.05) is 4.40 Å². The predicted molar refractivity (Wildman–Crippen MR) is 72.9 cm³/mol. The highest BCUT2D eigenvalue weighted by molar-refractivity contribution is 6.29. The van der Waals surface area contributed by atoms with E-state index in [-0.39, 0.29) is 0 Å². The van der Waals surface area contributed by atoms with Gasteiger partial charge in [0.25, 0.3) is 0 Å². The van der Waals surface area contributed by atoms with E-state index in [1.165, 1.54) is 32.1 Å². The van der Waals surface area contributed by atoms with E-state index >= 15 is 0 Å². The van der Waals surface area contributed by atoms with Gasteiger partial charge in [0.15, 0.2) is 5.65 Å². The number of hydrogen-bond donors (Lipinski definition) is 0. The molecule has 0 N–H and O–H groups in total. The first-order valence-electron chi connectivity index (χ1n) is 6.66. The molecule has 0 unspecified atom stereocenters. The van der Waals surface area contributed by atoms with Crippen molar-refractivity contribution in [2.75, 3.05) is 0 Å². The second-order valence-electron chi connectivity index (χ2n) is 4.56. The van der Waals surface area contributed by atoms with E-state index in [4.69, 9.17) is 11.6 Å². The van der Waals surface area contributed by atoms with Gasteiger partial charge in [-0.2, -0.15) is 0 Å². The molecule has 0 atom stereocenters. The Morgan fingerprint density at radius 3 is 2.67 bits per heavy atom. The SMILES string of the molecule is CCCCCCCCc1nnc2cncc(Cl)n12. The number of aryl methyl sites for hydroxylation is 1. The molecule has 0 aromatic carbocycles. The molecule has 98 valence electrons. The van der Waals surface area contributed by atoms with Gasteiger partial charge in [-0.3, -0.25) is 9.38 Å². The largest absolute Gasteiger partial charge is 0.266 e. The molecule has 0 fully saturated rings. The predicted octanol–water partition coefficient (Wildman–Crippen LogP) is 3.68. The van der Waals surface area contributed by atoms with E-state index in [2.05, 4.69) is 22.1 Å². The summed E-state index contributed by atoms with van der Waals surface area (Å²) in [6.07, 6.45) is 11.9. The van der Waals surface area contributed by atoms with Gasteiger partial charge in [-0.15, -0.1) is 10.2 Å². The molecule has 18 heavy (non-hydrogen) atoms. The molecule has 2 heterocycles.